The molecule has 0 aliphatic heterocycles. The molecule has 1 aromatic heterocycles. The normalized spacial score (nSPS) is 10.3. The summed E-state index contributed by atoms with van der Waals surface area (Å²) in [7, 11) is 4.48. The van der Waals surface area contributed by atoms with Crippen molar-refractivity contribution >= 4 is 17.6 Å². The van der Waals surface area contributed by atoms with E-state index in [0.29, 0.717) is 34.1 Å². The van der Waals surface area contributed by atoms with Crippen molar-refractivity contribution in [3.8, 4) is 34.4 Å². The number of nitriles is 1. The van der Waals surface area contributed by atoms with Crippen molar-refractivity contribution in [1.29, 1.82) is 5.26 Å². The van der Waals surface area contributed by atoms with Crippen LogP contribution in [-0.2, 0) is 11.3 Å². The van der Waals surface area contributed by atoms with Crippen molar-refractivity contribution < 1.29 is 24.1 Å². The molecule has 0 saturated carbocycles. The molecule has 2 aromatic rings. The van der Waals surface area contributed by atoms with Gasteiger partial charge in [0.15, 0.2) is 11.5 Å². The van der Waals surface area contributed by atoms with Gasteiger partial charge >= 0.3 is 5.97 Å². The number of nitrogens with zero attached hydrogens (tertiary/aromatic N) is 1. The summed E-state index contributed by atoms with van der Waals surface area (Å²) in [6, 6.07) is 5.41. The topological polar surface area (TPSA) is 117 Å². The smallest absolute Gasteiger partial charge is 0.317 e. The zero-order valence-corrected chi connectivity index (χ0v) is 15.2. The molecule has 0 aliphatic carbocycles. The van der Waals surface area contributed by atoms with Gasteiger partial charge in [-0.2, -0.15) is 5.26 Å². The maximum atomic E-state index is 10.7. The van der Waals surface area contributed by atoms with Crippen LogP contribution >= 0.6 is 11.6 Å². The van der Waals surface area contributed by atoms with Gasteiger partial charge in [0.2, 0.25) is 5.75 Å². The molecule has 0 atom stereocenters. The van der Waals surface area contributed by atoms with Crippen LogP contribution in [0.2, 0.25) is 5.02 Å². The second-order valence-corrected chi connectivity index (χ2v) is 5.54. The SMILES string of the molecule is COc1ccc(-c2c(CNCC(=O)O)[nH]c(C#N)c2Cl)c(OC)c1OC. The summed E-state index contributed by atoms with van der Waals surface area (Å²) in [5, 5.41) is 21.0. The Morgan fingerprint density at radius 2 is 1.96 bits per heavy atom. The van der Waals surface area contributed by atoms with E-state index in [9.17, 15) is 10.1 Å². The molecule has 2 rings (SSSR count). The molecule has 0 spiro atoms. The zero-order chi connectivity index (χ0) is 19.3. The first-order valence-electron chi connectivity index (χ1n) is 7.50. The molecule has 0 radical (unpaired) electrons. The number of ether oxygens (including phenoxy) is 3. The maximum Gasteiger partial charge on any atom is 0.317 e. The van der Waals surface area contributed by atoms with Gasteiger partial charge in [0, 0.05) is 23.4 Å². The van der Waals surface area contributed by atoms with E-state index in [4.69, 9.17) is 30.9 Å². The van der Waals surface area contributed by atoms with Gasteiger partial charge in [-0.25, -0.2) is 0 Å². The number of aromatic nitrogens is 1. The molecular formula is C17H18ClN3O5. The van der Waals surface area contributed by atoms with Crippen molar-refractivity contribution in [3.63, 3.8) is 0 Å². The molecule has 0 unspecified atom stereocenters. The van der Waals surface area contributed by atoms with E-state index in [1.54, 1.807) is 12.1 Å². The van der Waals surface area contributed by atoms with E-state index >= 15 is 0 Å². The molecule has 9 heteroatoms. The lowest BCUT2D eigenvalue weighted by atomic mass is 10.0. The number of carboxylic acid groups (broad SMARTS) is 1. The number of aromatic amines is 1. The van der Waals surface area contributed by atoms with Crippen molar-refractivity contribution in [2.75, 3.05) is 27.9 Å². The summed E-state index contributed by atoms with van der Waals surface area (Å²) >= 11 is 6.38. The van der Waals surface area contributed by atoms with E-state index in [0.717, 1.165) is 0 Å². The van der Waals surface area contributed by atoms with Gasteiger partial charge in [0.05, 0.1) is 32.9 Å². The molecule has 0 aliphatic rings. The lowest BCUT2D eigenvalue weighted by Gasteiger charge is -2.16. The highest BCUT2D eigenvalue weighted by Gasteiger charge is 2.24. The highest BCUT2D eigenvalue weighted by molar-refractivity contribution is 6.34. The number of benzene rings is 1. The summed E-state index contributed by atoms with van der Waals surface area (Å²) < 4.78 is 16.1. The molecular weight excluding hydrogens is 362 g/mol. The molecule has 3 N–H and O–H groups in total. The molecule has 8 nitrogen and oxygen atoms in total. The second-order valence-electron chi connectivity index (χ2n) is 5.16. The number of nitrogens with one attached hydrogen (secondary N) is 2. The lowest BCUT2D eigenvalue weighted by Crippen LogP contribution is -2.22. The van der Waals surface area contributed by atoms with Crippen LogP contribution in [-0.4, -0.2) is 43.9 Å². The van der Waals surface area contributed by atoms with E-state index in [1.165, 1.54) is 21.3 Å². The average Bonchev–Trinajstić information content (AvgIpc) is 2.95. The number of rotatable bonds is 8. The Kier molecular flexibility index (Phi) is 6.33. The third-order valence-electron chi connectivity index (χ3n) is 3.68. The largest absolute Gasteiger partial charge is 0.493 e. The van der Waals surface area contributed by atoms with Gasteiger partial charge in [0.1, 0.15) is 11.8 Å². The van der Waals surface area contributed by atoms with Gasteiger partial charge in [-0.1, -0.05) is 11.6 Å². The number of hydrogen-bond acceptors (Lipinski definition) is 6. The highest BCUT2D eigenvalue weighted by Crippen LogP contribution is 2.47. The number of aliphatic carboxylic acids is 1. The number of halogens is 1. The monoisotopic (exact) mass is 379 g/mol. The maximum absolute atomic E-state index is 10.7. The molecule has 1 heterocycles. The Hall–Kier alpha value is -2.89. The van der Waals surface area contributed by atoms with E-state index in [-0.39, 0.29) is 23.8 Å². The number of H-pyrrole nitrogens is 1. The molecule has 0 saturated heterocycles. The van der Waals surface area contributed by atoms with Crippen LogP contribution in [0.1, 0.15) is 11.4 Å². The second kappa shape index (κ2) is 8.47. The molecule has 0 amide bonds. The summed E-state index contributed by atoms with van der Waals surface area (Å²) in [5.41, 5.74) is 1.84. The first-order chi connectivity index (χ1) is 12.5. The van der Waals surface area contributed by atoms with Crippen LogP contribution in [0.4, 0.5) is 0 Å². The highest BCUT2D eigenvalue weighted by atomic mass is 35.5. The minimum absolute atomic E-state index is 0.167. The Labute approximate surface area is 155 Å². The third kappa shape index (κ3) is 3.69. The number of methoxy groups -OCH3 is 3. The van der Waals surface area contributed by atoms with Crippen LogP contribution in [0.3, 0.4) is 0 Å². The predicted octanol–water partition coefficient (Wildman–Crippen LogP) is 2.41. The predicted molar refractivity (Wildman–Crippen MR) is 95.0 cm³/mol. The summed E-state index contributed by atoms with van der Waals surface area (Å²) in [5.74, 6) is 0.253. The molecule has 1 aromatic carbocycles. The fourth-order valence-corrected chi connectivity index (χ4v) is 2.91. The fraction of sp³-hybridized carbons (Fsp3) is 0.294. The van der Waals surface area contributed by atoms with Gasteiger partial charge in [-0.05, 0) is 12.1 Å². The van der Waals surface area contributed by atoms with E-state index in [1.807, 2.05) is 6.07 Å². The molecule has 138 valence electrons. The van der Waals surface area contributed by atoms with Gasteiger partial charge < -0.3 is 29.6 Å². The van der Waals surface area contributed by atoms with E-state index < -0.39 is 5.97 Å². The first kappa shape index (κ1) is 19.4. The minimum Gasteiger partial charge on any atom is -0.493 e. The van der Waals surface area contributed by atoms with E-state index in [2.05, 4.69) is 10.3 Å². The van der Waals surface area contributed by atoms with Crippen LogP contribution in [0, 0.1) is 11.3 Å². The average molecular weight is 380 g/mol. The van der Waals surface area contributed by atoms with Crippen LogP contribution in [0.25, 0.3) is 11.1 Å². The summed E-state index contributed by atoms with van der Waals surface area (Å²) in [4.78, 5) is 13.6. The molecule has 26 heavy (non-hydrogen) atoms. The van der Waals surface area contributed by atoms with Crippen molar-refractivity contribution in [3.05, 3.63) is 28.5 Å². The van der Waals surface area contributed by atoms with Crippen molar-refractivity contribution in [2.24, 2.45) is 0 Å². The number of carbonyl (C=O) groups is 1. The van der Waals surface area contributed by atoms with Gasteiger partial charge in [-0.3, -0.25) is 4.79 Å². The number of carboxylic acids is 1. The number of hydrogen-bond donors (Lipinski definition) is 3. The standard InChI is InChI=1S/C17H18ClN3O5/c1-24-12-5-4-9(16(25-2)17(12)26-3)14-11(7-20-8-13(22)23)21-10(6-19)15(14)18/h4-5,20-21H,7-8H2,1-3H3,(H,22,23). The first-order valence-corrected chi connectivity index (χ1v) is 7.88. The van der Waals surface area contributed by atoms with Gasteiger partial charge in [0.25, 0.3) is 0 Å². The van der Waals surface area contributed by atoms with Gasteiger partial charge in [-0.15, -0.1) is 0 Å². The Morgan fingerprint density at radius 1 is 1.27 bits per heavy atom. The van der Waals surface area contributed by atoms with Crippen LogP contribution in [0.5, 0.6) is 17.2 Å². The fourth-order valence-electron chi connectivity index (χ4n) is 2.61. The zero-order valence-electron chi connectivity index (χ0n) is 14.5. The quantitative estimate of drug-likeness (QED) is 0.644. The van der Waals surface area contributed by atoms with Crippen molar-refractivity contribution in [2.45, 2.75) is 6.54 Å². The van der Waals surface area contributed by atoms with Crippen LogP contribution in [0.15, 0.2) is 12.1 Å². The third-order valence-corrected chi connectivity index (χ3v) is 4.06. The van der Waals surface area contributed by atoms with Crippen molar-refractivity contribution in [1.82, 2.24) is 10.3 Å². The molecule has 0 fully saturated rings. The Bertz CT molecular complexity index is 857. The summed E-state index contributed by atoms with van der Waals surface area (Å²) in [6.45, 7) is -0.0679. The lowest BCUT2D eigenvalue weighted by molar-refractivity contribution is -0.136. The Morgan fingerprint density at radius 3 is 2.50 bits per heavy atom. The summed E-state index contributed by atoms with van der Waals surface area (Å²) in [6.07, 6.45) is 0. The minimum atomic E-state index is -0.992. The van der Waals surface area contributed by atoms with Crippen LogP contribution < -0.4 is 19.5 Å². The molecule has 0 bridgehead atoms. The Balaban J connectivity index is 2.62.